The van der Waals surface area contributed by atoms with Crippen molar-refractivity contribution in [1.82, 2.24) is 25.0 Å². The molecule has 1 aliphatic rings. The van der Waals surface area contributed by atoms with E-state index in [4.69, 9.17) is 5.11 Å². The summed E-state index contributed by atoms with van der Waals surface area (Å²) in [6.07, 6.45) is 3.39. The van der Waals surface area contributed by atoms with Crippen molar-refractivity contribution in [2.24, 2.45) is 13.0 Å². The van der Waals surface area contributed by atoms with Crippen LogP contribution in [0.1, 0.15) is 38.1 Å². The van der Waals surface area contributed by atoms with Crippen molar-refractivity contribution in [3.05, 3.63) is 12.2 Å². The Balaban J connectivity index is 1.90. The zero-order valence-corrected chi connectivity index (χ0v) is 12.3. The summed E-state index contributed by atoms with van der Waals surface area (Å²) in [5, 5.41) is 19.5. The summed E-state index contributed by atoms with van der Waals surface area (Å²) >= 11 is 0. The molecule has 1 aromatic rings. The number of carbonyl (C=O) groups is 2. The molecule has 0 aromatic carbocycles. The lowest BCUT2D eigenvalue weighted by molar-refractivity contribution is -0.138. The highest BCUT2D eigenvalue weighted by Crippen LogP contribution is 2.20. The molecule has 2 N–H and O–H groups in total. The van der Waals surface area contributed by atoms with Gasteiger partial charge in [-0.25, -0.2) is 4.79 Å². The van der Waals surface area contributed by atoms with Gasteiger partial charge in [0.15, 0.2) is 5.82 Å². The number of hydrogen-bond acceptors (Lipinski definition) is 4. The van der Waals surface area contributed by atoms with Crippen molar-refractivity contribution >= 4 is 12.0 Å². The fourth-order valence-corrected chi connectivity index (χ4v) is 2.69. The highest BCUT2D eigenvalue weighted by Gasteiger charge is 2.26. The maximum atomic E-state index is 12.3. The van der Waals surface area contributed by atoms with Gasteiger partial charge in [-0.05, 0) is 25.7 Å². The largest absolute Gasteiger partial charge is 0.481 e. The number of carboxylic acid groups (broad SMARTS) is 1. The molecular weight excluding hydrogens is 274 g/mol. The molecule has 2 amide bonds. The molecule has 0 bridgehead atoms. The number of hydrogen-bond donors (Lipinski definition) is 2. The highest BCUT2D eigenvalue weighted by atomic mass is 16.4. The number of likely N-dealkylation sites (tertiary alicyclic amines) is 1. The van der Waals surface area contributed by atoms with E-state index in [1.807, 2.05) is 14.0 Å². The first kappa shape index (κ1) is 15.3. The summed E-state index contributed by atoms with van der Waals surface area (Å²) in [5.74, 6) is -0.0932. The predicted molar refractivity (Wildman–Crippen MR) is 74.5 cm³/mol. The Morgan fingerprint density at radius 1 is 1.57 bits per heavy atom. The van der Waals surface area contributed by atoms with Crippen LogP contribution in [-0.4, -0.2) is 49.9 Å². The summed E-state index contributed by atoms with van der Waals surface area (Å²) in [6.45, 7) is 3.00. The van der Waals surface area contributed by atoms with Gasteiger partial charge in [-0.3, -0.25) is 4.79 Å². The molecule has 1 saturated heterocycles. The Kier molecular flexibility index (Phi) is 4.77. The molecule has 116 valence electrons. The Hall–Kier alpha value is -2.12. The zero-order valence-electron chi connectivity index (χ0n) is 12.3. The topological polar surface area (TPSA) is 100 Å². The number of rotatable bonds is 4. The van der Waals surface area contributed by atoms with Crippen LogP contribution in [0.4, 0.5) is 4.79 Å². The standard InChI is InChI=1S/C13H21N5O3/c1-9(12-16-14-8-17(12)2)15-13(21)18-5-3-4-10(7-18)6-11(19)20/h8-10H,3-7H2,1-2H3,(H,15,21)(H,19,20). The normalized spacial score (nSPS) is 20.1. The molecule has 1 aromatic heterocycles. The summed E-state index contributed by atoms with van der Waals surface area (Å²) < 4.78 is 1.76. The number of aliphatic carboxylic acids is 1. The van der Waals surface area contributed by atoms with Crippen molar-refractivity contribution in [2.45, 2.75) is 32.2 Å². The lowest BCUT2D eigenvalue weighted by Crippen LogP contribution is -2.46. The summed E-state index contributed by atoms with van der Waals surface area (Å²) in [7, 11) is 1.82. The van der Waals surface area contributed by atoms with Gasteiger partial charge in [0, 0.05) is 26.6 Å². The molecule has 0 aliphatic carbocycles. The van der Waals surface area contributed by atoms with Gasteiger partial charge in [0.2, 0.25) is 0 Å². The van der Waals surface area contributed by atoms with E-state index < -0.39 is 5.97 Å². The summed E-state index contributed by atoms with van der Waals surface area (Å²) in [6, 6.07) is -0.426. The molecule has 2 rings (SSSR count). The smallest absolute Gasteiger partial charge is 0.317 e. The lowest BCUT2D eigenvalue weighted by Gasteiger charge is -2.32. The second-order valence-corrected chi connectivity index (χ2v) is 5.52. The van der Waals surface area contributed by atoms with Gasteiger partial charge in [-0.1, -0.05) is 0 Å². The first-order valence-electron chi connectivity index (χ1n) is 7.08. The monoisotopic (exact) mass is 295 g/mol. The van der Waals surface area contributed by atoms with Crippen molar-refractivity contribution in [1.29, 1.82) is 0 Å². The van der Waals surface area contributed by atoms with Gasteiger partial charge in [0.05, 0.1) is 6.04 Å². The number of nitrogens with one attached hydrogen (secondary N) is 1. The number of piperidine rings is 1. The Morgan fingerprint density at radius 2 is 2.33 bits per heavy atom. The maximum Gasteiger partial charge on any atom is 0.317 e. The quantitative estimate of drug-likeness (QED) is 0.854. The number of aryl methyl sites for hydroxylation is 1. The van der Waals surface area contributed by atoms with Crippen molar-refractivity contribution in [3.63, 3.8) is 0 Å². The first-order valence-corrected chi connectivity index (χ1v) is 7.08. The van der Waals surface area contributed by atoms with E-state index in [-0.39, 0.29) is 24.4 Å². The number of nitrogens with zero attached hydrogens (tertiary/aromatic N) is 4. The molecule has 8 nitrogen and oxygen atoms in total. The molecule has 0 saturated carbocycles. The molecule has 1 fully saturated rings. The summed E-state index contributed by atoms with van der Waals surface area (Å²) in [5.41, 5.74) is 0. The van der Waals surface area contributed by atoms with Crippen LogP contribution in [0.15, 0.2) is 6.33 Å². The molecule has 8 heteroatoms. The number of aromatic nitrogens is 3. The molecule has 21 heavy (non-hydrogen) atoms. The SMILES string of the molecule is CC(NC(=O)N1CCCC(CC(=O)O)C1)c1nncn1C. The fraction of sp³-hybridized carbons (Fsp3) is 0.692. The second-order valence-electron chi connectivity index (χ2n) is 5.52. The van der Waals surface area contributed by atoms with Crippen LogP contribution < -0.4 is 5.32 Å². The van der Waals surface area contributed by atoms with E-state index in [1.165, 1.54) is 0 Å². The van der Waals surface area contributed by atoms with E-state index in [1.54, 1.807) is 15.8 Å². The van der Waals surface area contributed by atoms with E-state index in [9.17, 15) is 9.59 Å². The molecule has 0 spiro atoms. The minimum absolute atomic E-state index is 0.0344. The van der Waals surface area contributed by atoms with Gasteiger partial charge < -0.3 is 19.9 Å². The maximum absolute atomic E-state index is 12.3. The van der Waals surface area contributed by atoms with E-state index >= 15 is 0 Å². The van der Waals surface area contributed by atoms with E-state index in [2.05, 4.69) is 15.5 Å². The van der Waals surface area contributed by atoms with E-state index in [0.717, 1.165) is 12.8 Å². The van der Waals surface area contributed by atoms with Crippen molar-refractivity contribution in [2.75, 3.05) is 13.1 Å². The Labute approximate surface area is 123 Å². The van der Waals surface area contributed by atoms with Crippen molar-refractivity contribution < 1.29 is 14.7 Å². The van der Waals surface area contributed by atoms with Gasteiger partial charge >= 0.3 is 12.0 Å². The second kappa shape index (κ2) is 6.55. The first-order chi connectivity index (χ1) is 9.97. The zero-order chi connectivity index (χ0) is 15.4. The Morgan fingerprint density at radius 3 is 2.95 bits per heavy atom. The van der Waals surface area contributed by atoms with Crippen LogP contribution in [0, 0.1) is 5.92 Å². The van der Waals surface area contributed by atoms with Crippen LogP contribution in [0.3, 0.4) is 0 Å². The van der Waals surface area contributed by atoms with Gasteiger partial charge in [0.25, 0.3) is 0 Å². The van der Waals surface area contributed by atoms with Crippen LogP contribution in [0.25, 0.3) is 0 Å². The number of amides is 2. The van der Waals surface area contributed by atoms with Gasteiger partial charge in [-0.2, -0.15) is 0 Å². The lowest BCUT2D eigenvalue weighted by atomic mass is 9.95. The number of urea groups is 1. The summed E-state index contributed by atoms with van der Waals surface area (Å²) in [4.78, 5) is 24.7. The minimum Gasteiger partial charge on any atom is -0.481 e. The van der Waals surface area contributed by atoms with Gasteiger partial charge in [0.1, 0.15) is 6.33 Å². The molecular formula is C13H21N5O3. The number of carbonyl (C=O) groups excluding carboxylic acids is 1. The van der Waals surface area contributed by atoms with Crippen molar-refractivity contribution in [3.8, 4) is 0 Å². The molecule has 1 aliphatic heterocycles. The Bertz CT molecular complexity index is 516. The fourth-order valence-electron chi connectivity index (χ4n) is 2.69. The van der Waals surface area contributed by atoms with Crippen LogP contribution >= 0.6 is 0 Å². The number of carboxylic acids is 1. The third-order valence-corrected chi connectivity index (χ3v) is 3.74. The average molecular weight is 295 g/mol. The minimum atomic E-state index is -0.810. The van der Waals surface area contributed by atoms with Crippen LogP contribution in [0.5, 0.6) is 0 Å². The third kappa shape index (κ3) is 3.93. The predicted octanol–water partition coefficient (Wildman–Crippen LogP) is 0.772. The van der Waals surface area contributed by atoms with Crippen LogP contribution in [-0.2, 0) is 11.8 Å². The molecule has 2 atom stereocenters. The molecule has 2 heterocycles. The average Bonchev–Trinajstić information content (AvgIpc) is 2.84. The van der Waals surface area contributed by atoms with Crippen LogP contribution in [0.2, 0.25) is 0 Å². The molecule has 0 radical (unpaired) electrons. The molecule has 2 unspecified atom stereocenters. The highest BCUT2D eigenvalue weighted by molar-refractivity contribution is 5.75. The third-order valence-electron chi connectivity index (χ3n) is 3.74. The van der Waals surface area contributed by atoms with Gasteiger partial charge in [-0.15, -0.1) is 10.2 Å². The van der Waals surface area contributed by atoms with E-state index in [0.29, 0.717) is 18.9 Å².